The van der Waals surface area contributed by atoms with Crippen molar-refractivity contribution in [3.8, 4) is 17.6 Å². The van der Waals surface area contributed by atoms with Gasteiger partial charge in [-0.25, -0.2) is 0 Å². The Morgan fingerprint density at radius 3 is 2.53 bits per heavy atom. The van der Waals surface area contributed by atoms with Crippen molar-refractivity contribution in [2.75, 3.05) is 19.0 Å². The summed E-state index contributed by atoms with van der Waals surface area (Å²) in [7, 11) is 0. The average Bonchev–Trinajstić information content (AvgIpc) is 2.96. The number of thiol groups is 1. The van der Waals surface area contributed by atoms with Crippen molar-refractivity contribution in [3.05, 3.63) is 22.3 Å². The zero-order valence-electron chi connectivity index (χ0n) is 9.45. The van der Waals surface area contributed by atoms with E-state index in [1.165, 1.54) is 5.56 Å². The van der Waals surface area contributed by atoms with E-state index in [1.807, 2.05) is 0 Å². The molecule has 0 saturated carbocycles. The SMILES string of the molecule is N#Cc1c2c(c(CCS)c3c1OCC3)OCC2. The number of nitrogens with zero attached hydrogens (tertiary/aromatic N) is 1. The Bertz CT molecular complexity index is 484. The summed E-state index contributed by atoms with van der Waals surface area (Å²) in [6, 6.07) is 2.27. The molecule has 88 valence electrons. The van der Waals surface area contributed by atoms with E-state index in [0.29, 0.717) is 18.8 Å². The third kappa shape index (κ3) is 1.49. The number of rotatable bonds is 2. The smallest absolute Gasteiger partial charge is 0.141 e. The second-order valence-corrected chi connectivity index (χ2v) is 4.70. The average molecular weight is 247 g/mol. The summed E-state index contributed by atoms with van der Waals surface area (Å²) in [6.07, 6.45) is 2.57. The molecular weight excluding hydrogens is 234 g/mol. The van der Waals surface area contributed by atoms with E-state index >= 15 is 0 Å². The van der Waals surface area contributed by atoms with Crippen LogP contribution >= 0.6 is 12.6 Å². The highest BCUT2D eigenvalue weighted by atomic mass is 32.1. The largest absolute Gasteiger partial charge is 0.493 e. The first-order valence-electron chi connectivity index (χ1n) is 5.84. The van der Waals surface area contributed by atoms with Crippen LogP contribution < -0.4 is 9.47 Å². The van der Waals surface area contributed by atoms with Crippen molar-refractivity contribution in [2.24, 2.45) is 0 Å². The van der Waals surface area contributed by atoms with Gasteiger partial charge in [-0.2, -0.15) is 17.9 Å². The molecule has 2 heterocycles. The summed E-state index contributed by atoms with van der Waals surface area (Å²) in [6.45, 7) is 1.35. The van der Waals surface area contributed by atoms with Gasteiger partial charge in [0.1, 0.15) is 23.1 Å². The molecule has 0 spiro atoms. The number of hydrogen-bond acceptors (Lipinski definition) is 4. The lowest BCUT2D eigenvalue weighted by Gasteiger charge is -2.13. The molecule has 1 aromatic rings. The fourth-order valence-electron chi connectivity index (χ4n) is 2.70. The Kier molecular flexibility index (Phi) is 2.64. The van der Waals surface area contributed by atoms with Crippen molar-refractivity contribution in [3.63, 3.8) is 0 Å². The minimum Gasteiger partial charge on any atom is -0.493 e. The number of fused-ring (bicyclic) bond motifs is 2. The van der Waals surface area contributed by atoms with E-state index in [4.69, 9.17) is 9.47 Å². The van der Waals surface area contributed by atoms with Gasteiger partial charge < -0.3 is 9.47 Å². The summed E-state index contributed by atoms with van der Waals surface area (Å²) >= 11 is 4.30. The second kappa shape index (κ2) is 4.15. The Morgan fingerprint density at radius 1 is 1.12 bits per heavy atom. The van der Waals surface area contributed by atoms with E-state index in [-0.39, 0.29) is 0 Å². The first-order chi connectivity index (χ1) is 8.36. The van der Waals surface area contributed by atoms with E-state index in [9.17, 15) is 5.26 Å². The summed E-state index contributed by atoms with van der Waals surface area (Å²) in [5.74, 6) is 2.52. The Hall–Kier alpha value is -1.34. The van der Waals surface area contributed by atoms with Gasteiger partial charge in [-0.15, -0.1) is 0 Å². The highest BCUT2D eigenvalue weighted by Crippen LogP contribution is 2.44. The molecule has 0 amide bonds. The fourth-order valence-corrected chi connectivity index (χ4v) is 2.92. The van der Waals surface area contributed by atoms with Crippen molar-refractivity contribution < 1.29 is 9.47 Å². The first-order valence-corrected chi connectivity index (χ1v) is 6.47. The van der Waals surface area contributed by atoms with Crippen molar-refractivity contribution >= 4 is 12.6 Å². The molecule has 17 heavy (non-hydrogen) atoms. The zero-order chi connectivity index (χ0) is 11.8. The molecule has 2 aliphatic rings. The van der Waals surface area contributed by atoms with Crippen LogP contribution in [0.4, 0.5) is 0 Å². The predicted octanol–water partition coefficient (Wildman–Crippen LogP) is 1.90. The molecule has 3 nitrogen and oxygen atoms in total. The van der Waals surface area contributed by atoms with Gasteiger partial charge >= 0.3 is 0 Å². The van der Waals surface area contributed by atoms with Gasteiger partial charge in [-0.1, -0.05) is 0 Å². The second-order valence-electron chi connectivity index (χ2n) is 4.25. The first kappa shape index (κ1) is 10.8. The molecule has 0 bridgehead atoms. The van der Waals surface area contributed by atoms with Gasteiger partial charge in [0.05, 0.1) is 13.2 Å². The molecule has 3 rings (SSSR count). The molecular formula is C13H13NO2S. The molecule has 0 fully saturated rings. The van der Waals surface area contributed by atoms with Crippen LogP contribution in [0, 0.1) is 11.3 Å². The number of ether oxygens (including phenoxy) is 2. The summed E-state index contributed by atoms with van der Waals surface area (Å²) in [5, 5.41) is 9.29. The molecule has 0 saturated heterocycles. The third-order valence-electron chi connectivity index (χ3n) is 3.39. The van der Waals surface area contributed by atoms with Gasteiger partial charge in [0.15, 0.2) is 0 Å². The summed E-state index contributed by atoms with van der Waals surface area (Å²) < 4.78 is 11.3. The molecule has 0 aliphatic carbocycles. The molecule has 2 aliphatic heterocycles. The lowest BCUT2D eigenvalue weighted by atomic mass is 9.93. The lowest BCUT2D eigenvalue weighted by molar-refractivity contribution is 0.353. The van der Waals surface area contributed by atoms with Crippen LogP contribution in [0.5, 0.6) is 11.5 Å². The van der Waals surface area contributed by atoms with Crippen LogP contribution in [0.3, 0.4) is 0 Å². The van der Waals surface area contributed by atoms with Crippen LogP contribution in [0.25, 0.3) is 0 Å². The van der Waals surface area contributed by atoms with E-state index in [1.54, 1.807) is 0 Å². The standard InChI is InChI=1S/C13H13NO2S/c14-7-11-9-2-5-15-12(9)10(3-6-17)8-1-4-16-13(8)11/h17H,1-6H2. The predicted molar refractivity (Wildman–Crippen MR) is 67.1 cm³/mol. The molecule has 0 aromatic heterocycles. The maximum Gasteiger partial charge on any atom is 0.141 e. The molecule has 0 unspecified atom stereocenters. The van der Waals surface area contributed by atoms with Gasteiger partial charge in [-0.05, 0) is 12.2 Å². The van der Waals surface area contributed by atoms with Crippen molar-refractivity contribution in [1.82, 2.24) is 0 Å². The summed E-state index contributed by atoms with van der Waals surface area (Å²) in [5.41, 5.74) is 4.09. The van der Waals surface area contributed by atoms with Crippen LogP contribution in [-0.2, 0) is 19.3 Å². The maximum absolute atomic E-state index is 9.29. The Balaban J connectivity index is 2.27. The van der Waals surface area contributed by atoms with Crippen LogP contribution in [0.2, 0.25) is 0 Å². The van der Waals surface area contributed by atoms with Gasteiger partial charge in [0, 0.05) is 29.5 Å². The third-order valence-corrected chi connectivity index (χ3v) is 3.61. The Labute approximate surface area is 106 Å². The van der Waals surface area contributed by atoms with Crippen LogP contribution in [0.1, 0.15) is 22.3 Å². The highest BCUT2D eigenvalue weighted by molar-refractivity contribution is 7.80. The number of nitriles is 1. The minimum absolute atomic E-state index is 0.673. The number of benzene rings is 1. The van der Waals surface area contributed by atoms with Crippen molar-refractivity contribution in [1.29, 1.82) is 5.26 Å². The topological polar surface area (TPSA) is 42.2 Å². The van der Waals surface area contributed by atoms with Crippen LogP contribution in [0.15, 0.2) is 0 Å². The van der Waals surface area contributed by atoms with Gasteiger partial charge in [-0.3, -0.25) is 0 Å². The van der Waals surface area contributed by atoms with E-state index in [2.05, 4.69) is 18.7 Å². The highest BCUT2D eigenvalue weighted by Gasteiger charge is 2.30. The normalized spacial score (nSPS) is 15.8. The van der Waals surface area contributed by atoms with Crippen LogP contribution in [-0.4, -0.2) is 19.0 Å². The van der Waals surface area contributed by atoms with Gasteiger partial charge in [0.2, 0.25) is 0 Å². The molecule has 0 atom stereocenters. The van der Waals surface area contributed by atoms with E-state index < -0.39 is 0 Å². The number of hydrogen-bond donors (Lipinski definition) is 1. The van der Waals surface area contributed by atoms with Gasteiger partial charge in [0.25, 0.3) is 0 Å². The lowest BCUT2D eigenvalue weighted by Crippen LogP contribution is -2.00. The van der Waals surface area contributed by atoms with E-state index in [0.717, 1.165) is 47.6 Å². The van der Waals surface area contributed by atoms with Crippen molar-refractivity contribution in [2.45, 2.75) is 19.3 Å². The Morgan fingerprint density at radius 2 is 1.82 bits per heavy atom. The fraction of sp³-hybridized carbons (Fsp3) is 0.462. The molecule has 0 N–H and O–H groups in total. The molecule has 1 aromatic carbocycles. The maximum atomic E-state index is 9.29. The zero-order valence-corrected chi connectivity index (χ0v) is 10.3. The molecule has 0 radical (unpaired) electrons. The molecule has 4 heteroatoms. The monoisotopic (exact) mass is 247 g/mol. The quantitative estimate of drug-likeness (QED) is 0.812. The minimum atomic E-state index is 0.673. The summed E-state index contributed by atoms with van der Waals surface area (Å²) in [4.78, 5) is 0.